The fourth-order valence-corrected chi connectivity index (χ4v) is 5.73. The molecule has 0 radical (unpaired) electrons. The minimum atomic E-state index is -3.49. The molecule has 0 bridgehead atoms. The van der Waals surface area contributed by atoms with Crippen molar-refractivity contribution in [1.29, 1.82) is 0 Å². The number of aliphatic hydroxyl groups excluding tert-OH is 1. The Kier molecular flexibility index (Phi) is 8.30. The molecule has 4 rings (SSSR count). The predicted molar refractivity (Wildman–Crippen MR) is 143 cm³/mol. The first-order valence-electron chi connectivity index (χ1n) is 12.5. The summed E-state index contributed by atoms with van der Waals surface area (Å²) in [6.07, 6.45) is 0.780. The molecular weight excluding hydrogens is 510 g/mol. The second-order valence-electron chi connectivity index (χ2n) is 10.1. The zero-order valence-electron chi connectivity index (χ0n) is 21.4. The van der Waals surface area contributed by atoms with Crippen molar-refractivity contribution in [2.75, 3.05) is 19.3 Å². The van der Waals surface area contributed by atoms with Crippen LogP contribution in [0.2, 0.25) is 0 Å². The van der Waals surface area contributed by atoms with Crippen molar-refractivity contribution in [2.24, 2.45) is 0 Å². The Hall–Kier alpha value is -3.14. The molecule has 0 saturated carbocycles. The van der Waals surface area contributed by atoms with Crippen LogP contribution in [-0.4, -0.2) is 49.8 Å². The molecule has 1 amide bonds. The summed E-state index contributed by atoms with van der Waals surface area (Å²) in [6, 6.07) is 19.8. The number of rotatable bonds is 9. The summed E-state index contributed by atoms with van der Waals surface area (Å²) in [5, 5.41) is 10.7. The number of hydrogen-bond donors (Lipinski definition) is 2. The van der Waals surface area contributed by atoms with Crippen molar-refractivity contribution >= 4 is 15.9 Å². The molecule has 3 atom stereocenters. The van der Waals surface area contributed by atoms with E-state index in [0.717, 1.165) is 28.5 Å². The van der Waals surface area contributed by atoms with Crippen LogP contribution in [0.4, 0.5) is 8.78 Å². The number of amides is 1. The van der Waals surface area contributed by atoms with Gasteiger partial charge in [0, 0.05) is 24.9 Å². The third-order valence-electron chi connectivity index (χ3n) is 7.34. The van der Waals surface area contributed by atoms with Crippen molar-refractivity contribution < 1.29 is 27.1 Å². The Labute approximate surface area is 222 Å². The van der Waals surface area contributed by atoms with Crippen LogP contribution in [0.5, 0.6) is 0 Å². The monoisotopic (exact) mass is 542 g/mol. The normalized spacial score (nSPS) is 19.8. The fourth-order valence-electron chi connectivity index (χ4n) is 5.24. The highest BCUT2D eigenvalue weighted by molar-refractivity contribution is 7.88. The van der Waals surface area contributed by atoms with Gasteiger partial charge in [0.05, 0.1) is 18.4 Å². The van der Waals surface area contributed by atoms with E-state index in [1.165, 1.54) is 24.3 Å². The predicted octanol–water partition coefficient (Wildman–Crippen LogP) is 4.55. The molecule has 6 nitrogen and oxygen atoms in total. The average molecular weight is 543 g/mol. The molecule has 1 unspecified atom stereocenters. The lowest BCUT2D eigenvalue weighted by molar-refractivity contribution is -0.139. The summed E-state index contributed by atoms with van der Waals surface area (Å²) < 4.78 is 52.2. The van der Waals surface area contributed by atoms with Crippen molar-refractivity contribution in [3.05, 3.63) is 95.6 Å². The fraction of sp³-hybridized carbons (Fsp3) is 0.345. The Morgan fingerprint density at radius 3 is 2.00 bits per heavy atom. The second-order valence-corrected chi connectivity index (χ2v) is 11.9. The third kappa shape index (κ3) is 6.64. The number of hydrogen-bond acceptors (Lipinski definition) is 4. The number of aliphatic hydroxyl groups is 1. The number of nitrogens with zero attached hydrogens (tertiary/aromatic N) is 1. The quantitative estimate of drug-likeness (QED) is 0.415. The van der Waals surface area contributed by atoms with Crippen LogP contribution in [0, 0.1) is 11.6 Å². The van der Waals surface area contributed by atoms with E-state index in [1.807, 2.05) is 31.2 Å². The molecule has 1 aliphatic rings. The first kappa shape index (κ1) is 27.9. The van der Waals surface area contributed by atoms with Gasteiger partial charge in [-0.05, 0) is 66.3 Å². The Balaban J connectivity index is 1.51. The van der Waals surface area contributed by atoms with Gasteiger partial charge < -0.3 is 10.0 Å². The maximum absolute atomic E-state index is 13.7. The number of piperidine rings is 1. The van der Waals surface area contributed by atoms with Crippen LogP contribution in [0.15, 0.2) is 72.8 Å². The van der Waals surface area contributed by atoms with Crippen molar-refractivity contribution in [2.45, 2.75) is 43.7 Å². The topological polar surface area (TPSA) is 86.7 Å². The lowest BCUT2D eigenvalue weighted by Gasteiger charge is -2.44. The van der Waals surface area contributed by atoms with Gasteiger partial charge in [-0.2, -0.15) is 0 Å². The number of benzene rings is 3. The zero-order valence-corrected chi connectivity index (χ0v) is 22.2. The lowest BCUT2D eigenvalue weighted by Crippen LogP contribution is -2.49. The largest absolute Gasteiger partial charge is 0.392 e. The van der Waals surface area contributed by atoms with Gasteiger partial charge in [0.25, 0.3) is 0 Å². The van der Waals surface area contributed by atoms with E-state index in [-0.39, 0.29) is 37.2 Å². The Morgan fingerprint density at radius 2 is 1.47 bits per heavy atom. The number of carbonyl (C=O) groups is 1. The molecule has 1 heterocycles. The molecule has 0 aliphatic carbocycles. The average Bonchev–Trinajstić information content (AvgIpc) is 2.88. The Bertz CT molecular complexity index is 1360. The van der Waals surface area contributed by atoms with Crippen LogP contribution in [0.1, 0.15) is 43.4 Å². The molecule has 0 spiro atoms. The van der Waals surface area contributed by atoms with E-state index in [4.69, 9.17) is 0 Å². The minimum absolute atomic E-state index is 0.0982. The minimum Gasteiger partial charge on any atom is -0.392 e. The number of likely N-dealkylation sites (tertiary alicyclic amines) is 1. The van der Waals surface area contributed by atoms with Crippen LogP contribution in [0.25, 0.3) is 11.1 Å². The van der Waals surface area contributed by atoms with Gasteiger partial charge in [-0.25, -0.2) is 21.9 Å². The summed E-state index contributed by atoms with van der Waals surface area (Å²) in [7, 11) is -3.49. The molecule has 9 heteroatoms. The Morgan fingerprint density at radius 1 is 0.947 bits per heavy atom. The van der Waals surface area contributed by atoms with Crippen LogP contribution < -0.4 is 4.72 Å². The first-order valence-corrected chi connectivity index (χ1v) is 14.4. The zero-order chi connectivity index (χ0) is 27.5. The SMILES string of the molecule is C[C@@H](c1ccc(-c2ccc(F)cc2)cc1)N1CC[C@](CC(O)CNS(C)(=O)=O)(c2ccc(F)cc2)CC1=O. The van der Waals surface area contributed by atoms with E-state index in [1.54, 1.807) is 29.2 Å². The van der Waals surface area contributed by atoms with Gasteiger partial charge in [0.15, 0.2) is 0 Å². The molecule has 1 saturated heterocycles. The van der Waals surface area contributed by atoms with Gasteiger partial charge in [-0.15, -0.1) is 0 Å². The summed E-state index contributed by atoms with van der Waals surface area (Å²) in [5.41, 5.74) is 2.77. The van der Waals surface area contributed by atoms with Gasteiger partial charge >= 0.3 is 0 Å². The van der Waals surface area contributed by atoms with Crippen molar-refractivity contribution in [3.63, 3.8) is 0 Å². The van der Waals surface area contributed by atoms with E-state index in [0.29, 0.717) is 13.0 Å². The van der Waals surface area contributed by atoms with Crippen LogP contribution >= 0.6 is 0 Å². The smallest absolute Gasteiger partial charge is 0.223 e. The molecule has 1 fully saturated rings. The number of carbonyl (C=O) groups excluding carboxylic acids is 1. The number of nitrogens with one attached hydrogen (secondary N) is 1. The molecule has 1 aliphatic heterocycles. The lowest BCUT2D eigenvalue weighted by atomic mass is 9.68. The standard InChI is InChI=1S/C29H32F2N2O4S/c1-20(21-3-5-22(6-4-21)23-7-11-25(30)12-8-23)33-16-15-29(18-28(33)35,24-9-13-26(31)14-10-24)17-27(34)19-32-38(2,36)37/h3-14,20,27,32,34H,15-19H2,1-2H3/t20-,27?,29+/m0/s1. The van der Waals surface area contributed by atoms with E-state index in [9.17, 15) is 27.1 Å². The second kappa shape index (κ2) is 11.3. The van der Waals surface area contributed by atoms with Crippen LogP contribution in [-0.2, 0) is 20.2 Å². The summed E-state index contributed by atoms with van der Waals surface area (Å²) >= 11 is 0. The maximum Gasteiger partial charge on any atom is 0.223 e. The molecule has 2 N–H and O–H groups in total. The highest BCUT2D eigenvalue weighted by Gasteiger charge is 2.43. The number of sulfonamides is 1. The summed E-state index contributed by atoms with van der Waals surface area (Å²) in [5.74, 6) is -0.790. The highest BCUT2D eigenvalue weighted by Crippen LogP contribution is 2.42. The molecule has 3 aromatic rings. The van der Waals surface area contributed by atoms with Crippen molar-refractivity contribution in [3.8, 4) is 11.1 Å². The van der Waals surface area contributed by atoms with E-state index < -0.39 is 27.4 Å². The van der Waals surface area contributed by atoms with Crippen LogP contribution in [0.3, 0.4) is 0 Å². The maximum atomic E-state index is 13.7. The molecule has 0 aromatic heterocycles. The molecule has 202 valence electrons. The third-order valence-corrected chi connectivity index (χ3v) is 8.03. The first-order chi connectivity index (χ1) is 18.0. The van der Waals surface area contributed by atoms with Crippen molar-refractivity contribution in [1.82, 2.24) is 9.62 Å². The molecular formula is C29H32F2N2O4S. The summed E-state index contributed by atoms with van der Waals surface area (Å²) in [6.45, 7) is 2.21. The van der Waals surface area contributed by atoms with Gasteiger partial charge in [-0.1, -0.05) is 48.5 Å². The number of halogens is 2. The van der Waals surface area contributed by atoms with Gasteiger partial charge in [-0.3, -0.25) is 4.79 Å². The van der Waals surface area contributed by atoms with Gasteiger partial charge in [0.1, 0.15) is 11.6 Å². The van der Waals surface area contributed by atoms with E-state index in [2.05, 4.69) is 4.72 Å². The summed E-state index contributed by atoms with van der Waals surface area (Å²) in [4.78, 5) is 15.3. The highest BCUT2D eigenvalue weighted by atomic mass is 32.2. The molecule has 38 heavy (non-hydrogen) atoms. The van der Waals surface area contributed by atoms with E-state index >= 15 is 0 Å². The molecule has 3 aromatic carbocycles. The van der Waals surface area contributed by atoms with Gasteiger partial charge in [0.2, 0.25) is 15.9 Å².